The fraction of sp³-hybridized carbons (Fsp3) is 0. The largest absolute Gasteiger partial charge is 0.630 e. The van der Waals surface area contributed by atoms with Crippen molar-refractivity contribution in [2.24, 2.45) is 0 Å². The molecule has 1 N–H and O–H groups in total. The Morgan fingerprint density at radius 3 is 2.00 bits per heavy atom. The van der Waals surface area contributed by atoms with Crippen LogP contribution in [0, 0.1) is 0 Å². The van der Waals surface area contributed by atoms with Gasteiger partial charge in [-0.3, -0.25) is 0 Å². The van der Waals surface area contributed by atoms with E-state index in [9.17, 15) is 0 Å². The minimum atomic E-state index is -1.08. The molecule has 0 heterocycles. The van der Waals surface area contributed by atoms with Crippen LogP contribution in [0.3, 0.4) is 0 Å². The summed E-state index contributed by atoms with van der Waals surface area (Å²) in [5.74, 6) is -1.08. The lowest BCUT2D eigenvalue weighted by Crippen LogP contribution is -1.96. The summed E-state index contributed by atoms with van der Waals surface area (Å²) in [6, 6.07) is 0. The molecule has 0 aliphatic rings. The monoisotopic (exact) mass is 59.0 g/mol. The van der Waals surface area contributed by atoms with Gasteiger partial charge in [-0.15, -0.1) is 0 Å². The Labute approximate surface area is 24.0 Å². The molecule has 0 bridgehead atoms. The van der Waals surface area contributed by atoms with Gasteiger partial charge in [0.15, 0.2) is 0 Å². The quantitative estimate of drug-likeness (QED) is 0.378. The highest BCUT2D eigenvalue weighted by Crippen LogP contribution is 1.48. The average molecular weight is 59.0 g/mol. The predicted octanol–water partition coefficient (Wildman–Crippen LogP) is -0.624. The fourth-order valence-corrected chi connectivity index (χ4v) is 0. The number of hydrogen-bond acceptors (Lipinski definition) is 2. The third-order valence-electron chi connectivity index (χ3n) is 0. The van der Waals surface area contributed by atoms with Gasteiger partial charge in [0, 0.05) is 5.95 Å². The topological polar surface area (TPSA) is 43.3 Å². The molecule has 0 rings (SSSR count). The molecule has 0 atom stereocenters. The third-order valence-corrected chi connectivity index (χ3v) is 0. The molecular weight excluding hydrogens is 56.0 g/mol. The first-order valence-electron chi connectivity index (χ1n) is 0.781. The van der Waals surface area contributed by atoms with E-state index < -0.39 is 5.95 Å². The third kappa shape index (κ3) is 0.356. The summed E-state index contributed by atoms with van der Waals surface area (Å²) in [7, 11) is 0. The van der Waals surface area contributed by atoms with Crippen LogP contribution in [0.5, 0.6) is 0 Å². The smallest absolute Gasteiger partial charge is 0.0408 e. The van der Waals surface area contributed by atoms with Gasteiger partial charge in [-0.2, -0.15) is 0 Å². The van der Waals surface area contributed by atoms with Crippen molar-refractivity contribution in [3.63, 3.8) is 0 Å². The van der Waals surface area contributed by atoms with Gasteiger partial charge in [-0.25, -0.2) is 0 Å². The van der Waals surface area contributed by atoms with E-state index in [1.807, 2.05) is 0 Å². The molecule has 0 aliphatic carbocycles. The highest BCUT2D eigenvalue weighted by atomic mass is 16.5. The molecule has 2 nitrogen and oxygen atoms in total. The molecule has 0 saturated carbocycles. The normalized spacial score (nSPS) is 6.00. The molecular formula is C2H3O2-. The molecule has 0 amide bonds. The maximum Gasteiger partial charge on any atom is 0.0408 e. The van der Waals surface area contributed by atoms with E-state index in [1.165, 1.54) is 0 Å². The van der Waals surface area contributed by atoms with Gasteiger partial charge in [-0.1, -0.05) is 6.58 Å². The Morgan fingerprint density at radius 1 is 2.00 bits per heavy atom. The molecule has 0 radical (unpaired) electrons. The summed E-state index contributed by atoms with van der Waals surface area (Å²) in [5, 5.41) is 16.2. The summed E-state index contributed by atoms with van der Waals surface area (Å²) in [6.07, 6.45) is 0. The molecule has 0 spiro atoms. The zero-order chi connectivity index (χ0) is 3.58. The van der Waals surface area contributed by atoms with E-state index in [1.54, 1.807) is 0 Å². The minimum Gasteiger partial charge on any atom is -0.630 e. The molecule has 2 heteroatoms. The number of rotatable bonds is 0. The molecule has 0 aromatic rings. The second-order valence-corrected chi connectivity index (χ2v) is 0.394. The van der Waals surface area contributed by atoms with Gasteiger partial charge in [0.1, 0.15) is 0 Å². The van der Waals surface area contributed by atoms with Crippen molar-refractivity contribution in [1.29, 1.82) is 0 Å². The number of aliphatic hydroxyl groups excluding tert-OH is 1. The van der Waals surface area contributed by atoms with Crippen molar-refractivity contribution in [3.05, 3.63) is 12.5 Å². The Bertz CT molecular complexity index is 27.0. The Hall–Kier alpha value is -0.660. The molecule has 0 fully saturated rings. The molecule has 0 aromatic heterocycles. The van der Waals surface area contributed by atoms with Crippen LogP contribution in [0.1, 0.15) is 0 Å². The molecule has 0 saturated heterocycles. The first-order chi connectivity index (χ1) is 1.73. The van der Waals surface area contributed by atoms with Gasteiger partial charge in [0.2, 0.25) is 0 Å². The molecule has 0 unspecified atom stereocenters. The highest BCUT2D eigenvalue weighted by molar-refractivity contribution is 4.51. The van der Waals surface area contributed by atoms with E-state index in [4.69, 9.17) is 10.2 Å². The van der Waals surface area contributed by atoms with Crippen molar-refractivity contribution >= 4 is 0 Å². The lowest BCUT2D eigenvalue weighted by Gasteiger charge is -1.84. The van der Waals surface area contributed by atoms with Gasteiger partial charge in [0.25, 0.3) is 0 Å². The maximum absolute atomic E-state index is 8.89. The zero-order valence-corrected chi connectivity index (χ0v) is 2.06. The van der Waals surface area contributed by atoms with Crippen LogP contribution in [0.15, 0.2) is 12.5 Å². The summed E-state index contributed by atoms with van der Waals surface area (Å²) in [5.41, 5.74) is 0. The van der Waals surface area contributed by atoms with E-state index >= 15 is 0 Å². The fourth-order valence-electron chi connectivity index (χ4n) is 0. The van der Waals surface area contributed by atoms with Crippen LogP contribution in [0.2, 0.25) is 0 Å². The van der Waals surface area contributed by atoms with Crippen molar-refractivity contribution in [1.82, 2.24) is 0 Å². The number of hydrogen-bond donors (Lipinski definition) is 1. The lowest BCUT2D eigenvalue weighted by molar-refractivity contribution is -0.347. The van der Waals surface area contributed by atoms with E-state index in [2.05, 4.69) is 6.58 Å². The van der Waals surface area contributed by atoms with Crippen LogP contribution in [0.25, 0.3) is 0 Å². The summed E-state index contributed by atoms with van der Waals surface area (Å²) < 4.78 is 0. The van der Waals surface area contributed by atoms with Crippen LogP contribution < -0.4 is 5.11 Å². The molecule has 24 valence electrons. The summed E-state index contributed by atoms with van der Waals surface area (Å²) in [4.78, 5) is 0. The first-order valence-corrected chi connectivity index (χ1v) is 0.781. The molecule has 0 aliphatic heterocycles. The Morgan fingerprint density at radius 2 is 2.00 bits per heavy atom. The summed E-state index contributed by atoms with van der Waals surface area (Å²) >= 11 is 0. The first kappa shape index (κ1) is 3.34. The van der Waals surface area contributed by atoms with Gasteiger partial charge in [0.05, 0.1) is 0 Å². The van der Waals surface area contributed by atoms with E-state index in [0.717, 1.165) is 0 Å². The number of aliphatic hydroxyl groups is 1. The maximum atomic E-state index is 8.89. The van der Waals surface area contributed by atoms with Gasteiger partial charge < -0.3 is 10.2 Å². The van der Waals surface area contributed by atoms with Crippen LogP contribution in [0.4, 0.5) is 0 Å². The van der Waals surface area contributed by atoms with Gasteiger partial charge >= 0.3 is 0 Å². The van der Waals surface area contributed by atoms with Gasteiger partial charge in [-0.05, 0) is 0 Å². The second-order valence-electron chi connectivity index (χ2n) is 0.394. The Balaban J connectivity index is 2.80. The van der Waals surface area contributed by atoms with Crippen LogP contribution in [-0.4, -0.2) is 5.11 Å². The average Bonchev–Trinajstić information content (AvgIpc) is 0.811. The molecule has 4 heavy (non-hydrogen) atoms. The van der Waals surface area contributed by atoms with Crippen molar-refractivity contribution in [2.45, 2.75) is 0 Å². The summed E-state index contributed by atoms with van der Waals surface area (Å²) in [6.45, 7) is 2.56. The standard InChI is InChI=1S/C2H4O2/c1-2(3)4/h3-4H,1H2/p-1. The van der Waals surface area contributed by atoms with E-state index in [-0.39, 0.29) is 0 Å². The zero-order valence-electron chi connectivity index (χ0n) is 2.06. The predicted molar refractivity (Wildman–Crippen MR) is 11.8 cm³/mol. The van der Waals surface area contributed by atoms with Crippen molar-refractivity contribution in [3.8, 4) is 0 Å². The van der Waals surface area contributed by atoms with Crippen LogP contribution >= 0.6 is 0 Å². The van der Waals surface area contributed by atoms with Crippen LogP contribution in [-0.2, 0) is 0 Å². The van der Waals surface area contributed by atoms with Crippen molar-refractivity contribution < 1.29 is 10.2 Å². The second kappa shape index (κ2) is 0.767. The van der Waals surface area contributed by atoms with Crippen molar-refractivity contribution in [2.75, 3.05) is 0 Å². The SMILES string of the molecule is C=C([O-])O. The van der Waals surface area contributed by atoms with E-state index in [0.29, 0.717) is 0 Å². The Kier molecular flexibility index (Phi) is 0.641. The minimum absolute atomic E-state index is 1.08. The highest BCUT2D eigenvalue weighted by Gasteiger charge is 1.39. The molecule has 0 aromatic carbocycles. The lowest BCUT2D eigenvalue weighted by atomic mass is 11.1.